The van der Waals surface area contributed by atoms with Crippen molar-refractivity contribution in [1.82, 2.24) is 14.5 Å². The van der Waals surface area contributed by atoms with E-state index in [0.717, 1.165) is 22.3 Å². The average Bonchev–Trinajstić information content (AvgIpc) is 3.53. The number of aromatic amines is 1. The largest absolute Gasteiger partial charge is 0.486 e. The third-order valence-electron chi connectivity index (χ3n) is 5.57. The summed E-state index contributed by atoms with van der Waals surface area (Å²) in [5.74, 6) is 1.96. The predicted octanol–water partition coefficient (Wildman–Crippen LogP) is 5.04. The first-order valence-electron chi connectivity index (χ1n) is 10.7. The summed E-state index contributed by atoms with van der Waals surface area (Å²) in [5, 5.41) is 2.97. The van der Waals surface area contributed by atoms with Gasteiger partial charge in [-0.2, -0.15) is 0 Å². The van der Waals surface area contributed by atoms with Gasteiger partial charge in [-0.1, -0.05) is 12.1 Å². The van der Waals surface area contributed by atoms with E-state index in [2.05, 4.69) is 10.3 Å². The molecule has 0 spiro atoms. The first-order valence-corrected chi connectivity index (χ1v) is 10.7. The van der Waals surface area contributed by atoms with E-state index in [1.165, 1.54) is 0 Å². The molecule has 0 fully saturated rings. The summed E-state index contributed by atoms with van der Waals surface area (Å²) in [6, 6.07) is 22.8. The summed E-state index contributed by atoms with van der Waals surface area (Å²) < 4.78 is 13.3. The summed E-state index contributed by atoms with van der Waals surface area (Å²) in [6.07, 6.45) is 3.93. The quantitative estimate of drug-likeness (QED) is 0.413. The monoisotopic (exact) mass is 436 g/mol. The van der Waals surface area contributed by atoms with Gasteiger partial charge in [0.15, 0.2) is 11.5 Å². The summed E-state index contributed by atoms with van der Waals surface area (Å²) in [4.78, 5) is 20.8. The Labute approximate surface area is 189 Å². The Morgan fingerprint density at radius 1 is 0.909 bits per heavy atom. The van der Waals surface area contributed by atoms with Crippen LogP contribution in [0.4, 0.5) is 5.69 Å². The van der Waals surface area contributed by atoms with Gasteiger partial charge >= 0.3 is 0 Å². The molecule has 3 aromatic carbocycles. The van der Waals surface area contributed by atoms with Crippen molar-refractivity contribution in [2.45, 2.75) is 0 Å². The maximum absolute atomic E-state index is 12.8. The second kappa shape index (κ2) is 7.87. The Morgan fingerprint density at radius 3 is 2.45 bits per heavy atom. The molecule has 0 saturated heterocycles. The molecule has 0 aliphatic carbocycles. The molecule has 1 aliphatic rings. The van der Waals surface area contributed by atoms with Crippen LogP contribution in [0.25, 0.3) is 28.1 Å². The Bertz CT molecular complexity index is 1410. The zero-order valence-corrected chi connectivity index (χ0v) is 17.6. The molecule has 7 heteroatoms. The number of aromatic nitrogens is 3. The van der Waals surface area contributed by atoms with Gasteiger partial charge in [-0.25, -0.2) is 4.98 Å². The molecular weight excluding hydrogens is 416 g/mol. The lowest BCUT2D eigenvalue weighted by Gasteiger charge is -2.17. The number of carbonyl (C=O) groups is 1. The zero-order chi connectivity index (χ0) is 22.2. The molecule has 2 N–H and O–H groups in total. The summed E-state index contributed by atoms with van der Waals surface area (Å²) >= 11 is 0. The van der Waals surface area contributed by atoms with Crippen LogP contribution in [0, 0.1) is 0 Å². The van der Waals surface area contributed by atoms with E-state index in [-0.39, 0.29) is 5.91 Å². The molecule has 0 atom stereocenters. The zero-order valence-electron chi connectivity index (χ0n) is 17.6. The van der Waals surface area contributed by atoms with Crippen LogP contribution in [-0.4, -0.2) is 33.7 Å². The summed E-state index contributed by atoms with van der Waals surface area (Å²) in [7, 11) is 0. The molecule has 5 aromatic rings. The number of rotatable bonds is 4. The van der Waals surface area contributed by atoms with Crippen molar-refractivity contribution in [3.05, 3.63) is 90.8 Å². The average molecular weight is 436 g/mol. The fraction of sp³-hybridized carbons (Fsp3) is 0.0769. The molecular formula is C26H20N4O3. The number of hydrogen-bond donors (Lipinski definition) is 2. The van der Waals surface area contributed by atoms with Crippen LogP contribution in [0.2, 0.25) is 0 Å². The van der Waals surface area contributed by atoms with Crippen LogP contribution in [-0.2, 0) is 0 Å². The van der Waals surface area contributed by atoms with Gasteiger partial charge in [0.1, 0.15) is 19.0 Å². The number of H-pyrrole nitrogens is 1. The predicted molar refractivity (Wildman–Crippen MR) is 126 cm³/mol. The van der Waals surface area contributed by atoms with Crippen LogP contribution < -0.4 is 14.8 Å². The van der Waals surface area contributed by atoms with E-state index in [0.29, 0.717) is 41.8 Å². The Morgan fingerprint density at radius 2 is 1.67 bits per heavy atom. The smallest absolute Gasteiger partial charge is 0.255 e. The molecule has 3 heterocycles. The van der Waals surface area contributed by atoms with E-state index in [4.69, 9.17) is 14.5 Å². The molecule has 6 rings (SSSR count). The van der Waals surface area contributed by atoms with Crippen molar-refractivity contribution in [2.75, 3.05) is 18.5 Å². The molecule has 7 nitrogen and oxygen atoms in total. The summed E-state index contributed by atoms with van der Waals surface area (Å²) in [6.45, 7) is 1.07. The molecule has 33 heavy (non-hydrogen) atoms. The van der Waals surface area contributed by atoms with Crippen molar-refractivity contribution < 1.29 is 14.3 Å². The fourth-order valence-corrected chi connectivity index (χ4v) is 3.92. The molecule has 0 bridgehead atoms. The van der Waals surface area contributed by atoms with E-state index in [1.54, 1.807) is 0 Å². The maximum atomic E-state index is 12.8. The van der Waals surface area contributed by atoms with E-state index < -0.39 is 0 Å². The van der Waals surface area contributed by atoms with Gasteiger partial charge < -0.3 is 24.3 Å². The second-order valence-electron chi connectivity index (χ2n) is 7.77. The topological polar surface area (TPSA) is 81.2 Å². The second-order valence-corrected chi connectivity index (χ2v) is 7.77. The number of imidazole rings is 1. The standard InChI is InChI=1S/C26H20N4O3/c31-26(17-6-8-20(9-7-17)30-10-1-2-11-30)27-19-5-3-4-18(14-19)25-28-21-15-23-24(16-22(21)29-25)33-13-12-32-23/h1-11,14-16H,12-13H2,(H,27,31)(H,28,29). The van der Waals surface area contributed by atoms with Gasteiger partial charge in [-0.3, -0.25) is 4.79 Å². The number of carbonyl (C=O) groups excluding carboxylic acids is 1. The number of hydrogen-bond acceptors (Lipinski definition) is 4. The van der Waals surface area contributed by atoms with Gasteiger partial charge in [0, 0.05) is 47.0 Å². The first kappa shape index (κ1) is 19.2. The van der Waals surface area contributed by atoms with Crippen molar-refractivity contribution in [1.29, 1.82) is 0 Å². The molecule has 0 saturated carbocycles. The van der Waals surface area contributed by atoms with E-state index >= 15 is 0 Å². The highest BCUT2D eigenvalue weighted by atomic mass is 16.6. The lowest BCUT2D eigenvalue weighted by Crippen LogP contribution is -2.15. The minimum Gasteiger partial charge on any atom is -0.486 e. The first-order chi connectivity index (χ1) is 16.2. The van der Waals surface area contributed by atoms with Crippen LogP contribution >= 0.6 is 0 Å². The molecule has 2 aromatic heterocycles. The number of anilines is 1. The summed E-state index contributed by atoms with van der Waals surface area (Å²) in [5.41, 5.74) is 4.81. The van der Waals surface area contributed by atoms with Gasteiger partial charge in [0.25, 0.3) is 5.91 Å². The van der Waals surface area contributed by atoms with Crippen LogP contribution in [0.3, 0.4) is 0 Å². The highest BCUT2D eigenvalue weighted by Gasteiger charge is 2.16. The van der Waals surface area contributed by atoms with Gasteiger partial charge in [-0.05, 0) is 48.5 Å². The molecule has 0 unspecified atom stereocenters. The number of amides is 1. The van der Waals surface area contributed by atoms with Gasteiger partial charge in [-0.15, -0.1) is 0 Å². The Kier molecular flexibility index (Phi) is 4.58. The fourth-order valence-electron chi connectivity index (χ4n) is 3.92. The van der Waals surface area contributed by atoms with Crippen LogP contribution in [0.15, 0.2) is 85.2 Å². The third-order valence-corrected chi connectivity index (χ3v) is 5.57. The number of nitrogens with zero attached hydrogens (tertiary/aromatic N) is 2. The van der Waals surface area contributed by atoms with Crippen molar-refractivity contribution in [3.8, 4) is 28.6 Å². The van der Waals surface area contributed by atoms with Crippen molar-refractivity contribution in [3.63, 3.8) is 0 Å². The number of ether oxygens (including phenoxy) is 2. The number of benzene rings is 3. The molecule has 162 valence electrons. The van der Waals surface area contributed by atoms with Crippen LogP contribution in [0.1, 0.15) is 10.4 Å². The van der Waals surface area contributed by atoms with Gasteiger partial charge in [0.2, 0.25) is 0 Å². The molecule has 0 radical (unpaired) electrons. The minimum atomic E-state index is -0.169. The SMILES string of the molecule is O=C(Nc1cccc(-c2nc3cc4c(cc3[nH]2)OCCO4)c1)c1ccc(-n2cccc2)cc1. The van der Waals surface area contributed by atoms with E-state index in [1.807, 2.05) is 89.8 Å². The van der Waals surface area contributed by atoms with Crippen LogP contribution in [0.5, 0.6) is 11.5 Å². The highest BCUT2D eigenvalue weighted by molar-refractivity contribution is 6.04. The Hall–Kier alpha value is -4.52. The van der Waals surface area contributed by atoms with Gasteiger partial charge in [0.05, 0.1) is 11.0 Å². The number of fused-ring (bicyclic) bond motifs is 2. The van der Waals surface area contributed by atoms with E-state index in [9.17, 15) is 4.79 Å². The maximum Gasteiger partial charge on any atom is 0.255 e. The lowest BCUT2D eigenvalue weighted by atomic mass is 10.1. The third kappa shape index (κ3) is 3.70. The Balaban J connectivity index is 1.23. The highest BCUT2D eigenvalue weighted by Crippen LogP contribution is 2.35. The normalized spacial score (nSPS) is 12.6. The van der Waals surface area contributed by atoms with Crippen molar-refractivity contribution in [2.24, 2.45) is 0 Å². The minimum absolute atomic E-state index is 0.169. The lowest BCUT2D eigenvalue weighted by molar-refractivity contribution is 0.102. The molecule has 1 amide bonds. The molecule has 1 aliphatic heterocycles. The number of nitrogens with one attached hydrogen (secondary N) is 2. The van der Waals surface area contributed by atoms with Crippen molar-refractivity contribution >= 4 is 22.6 Å².